The number of esters is 1. The highest BCUT2D eigenvalue weighted by molar-refractivity contribution is 8.05. The highest BCUT2D eigenvalue weighted by Crippen LogP contribution is 2.41. The number of alkyl halides is 4. The molecule has 0 aromatic heterocycles. The zero-order valence-electron chi connectivity index (χ0n) is 16.1. The minimum atomic E-state index is -6.20. The summed E-state index contributed by atoms with van der Waals surface area (Å²) in [7, 11) is -10.9. The molecule has 0 radical (unpaired) electrons. The van der Waals surface area contributed by atoms with Crippen LogP contribution in [0, 0.1) is 0 Å². The van der Waals surface area contributed by atoms with Crippen LogP contribution in [0.3, 0.4) is 0 Å². The van der Waals surface area contributed by atoms with Gasteiger partial charge in [-0.25, -0.2) is 21.6 Å². The Labute approximate surface area is 167 Å². The Morgan fingerprint density at radius 2 is 1.62 bits per heavy atom. The number of carbonyl (C=O) groups excluding carboxylic acids is 1. The van der Waals surface area contributed by atoms with Crippen molar-refractivity contribution in [2.24, 2.45) is 0 Å². The van der Waals surface area contributed by atoms with Crippen LogP contribution in [0.5, 0.6) is 0 Å². The molecule has 0 fully saturated rings. The molecule has 0 amide bonds. The first kappa shape index (κ1) is 27.8. The van der Waals surface area contributed by atoms with Crippen LogP contribution in [0.1, 0.15) is 39.5 Å². The lowest BCUT2D eigenvalue weighted by molar-refractivity contribution is -0.163. The van der Waals surface area contributed by atoms with Crippen LogP contribution in [-0.4, -0.2) is 59.6 Å². The molecule has 0 aliphatic heterocycles. The Bertz CT molecular complexity index is 768. The molecule has 0 rings (SSSR count). The molecule has 1 N–H and O–H groups in total. The molecule has 0 bridgehead atoms. The topological polar surface area (TPSA) is 116 Å². The summed E-state index contributed by atoms with van der Waals surface area (Å²) >= 11 is 0. The number of carbonyl (C=O) groups is 1. The molecule has 0 saturated carbocycles. The van der Waals surface area contributed by atoms with Gasteiger partial charge in [0.2, 0.25) is 10.0 Å². The average molecular weight is 471 g/mol. The second-order valence-electron chi connectivity index (χ2n) is 6.11. The number of hydrogen-bond donors (Lipinski definition) is 1. The molecular formula is C15H25F4NO7S2. The van der Waals surface area contributed by atoms with E-state index in [2.05, 4.69) is 11.3 Å². The summed E-state index contributed by atoms with van der Waals surface area (Å²) in [6, 6.07) is 0. The van der Waals surface area contributed by atoms with Crippen molar-refractivity contribution in [3.8, 4) is 0 Å². The van der Waals surface area contributed by atoms with Gasteiger partial charge in [0.25, 0.3) is 10.0 Å². The number of ether oxygens (including phenoxy) is 2. The van der Waals surface area contributed by atoms with Gasteiger partial charge >= 0.3 is 17.1 Å². The van der Waals surface area contributed by atoms with E-state index in [0.717, 1.165) is 0 Å². The van der Waals surface area contributed by atoms with Gasteiger partial charge in [-0.3, -0.25) is 0 Å². The Balaban J connectivity index is 4.68. The number of unbranched alkanes of at least 4 members (excludes halogenated alkanes) is 1. The molecule has 0 saturated heterocycles. The summed E-state index contributed by atoms with van der Waals surface area (Å²) in [6.45, 7) is 5.44. The second kappa shape index (κ2) is 11.2. The molecular weight excluding hydrogens is 446 g/mol. The Morgan fingerprint density at radius 3 is 2.14 bits per heavy atom. The SMILES string of the molecule is C=C(C)C(=O)OCCOCCCC(F)(F)C(F)(F)S(=O)(=O)NS(=O)(=O)CCCC. The smallest absolute Gasteiger partial charge is 0.421 e. The van der Waals surface area contributed by atoms with Crippen LogP contribution in [0.2, 0.25) is 0 Å². The summed E-state index contributed by atoms with van der Waals surface area (Å²) in [5.41, 5.74) is 0.137. The number of sulfonamides is 2. The molecule has 0 aromatic carbocycles. The summed E-state index contributed by atoms with van der Waals surface area (Å²) in [5.74, 6) is -6.53. The average Bonchev–Trinajstić information content (AvgIpc) is 2.57. The monoisotopic (exact) mass is 471 g/mol. The third-order valence-electron chi connectivity index (χ3n) is 3.36. The van der Waals surface area contributed by atoms with Gasteiger partial charge in [0.1, 0.15) is 6.61 Å². The summed E-state index contributed by atoms with van der Waals surface area (Å²) < 4.78 is 112. The van der Waals surface area contributed by atoms with E-state index >= 15 is 0 Å². The molecule has 14 heteroatoms. The van der Waals surface area contributed by atoms with Crippen molar-refractivity contribution in [1.29, 1.82) is 0 Å². The van der Waals surface area contributed by atoms with E-state index in [1.807, 2.05) is 0 Å². The third-order valence-corrected chi connectivity index (χ3v) is 7.05. The second-order valence-corrected chi connectivity index (χ2v) is 9.94. The lowest BCUT2D eigenvalue weighted by Crippen LogP contribution is -2.53. The first-order chi connectivity index (χ1) is 13.1. The van der Waals surface area contributed by atoms with Crippen molar-refractivity contribution in [2.75, 3.05) is 25.6 Å². The fourth-order valence-corrected chi connectivity index (χ4v) is 5.01. The Hall–Kier alpha value is -1.25. The Kier molecular flexibility index (Phi) is 10.7. The van der Waals surface area contributed by atoms with Crippen LogP contribution in [0.15, 0.2) is 12.2 Å². The molecule has 172 valence electrons. The van der Waals surface area contributed by atoms with Crippen molar-refractivity contribution in [1.82, 2.24) is 4.13 Å². The molecule has 0 heterocycles. The molecule has 0 spiro atoms. The molecule has 0 aliphatic carbocycles. The number of halogens is 4. The standard InChI is InChI=1S/C15H25F4NO7S2/c1-4-5-11-28(22,23)20-29(24,25)15(18,19)14(16,17)7-6-8-26-9-10-27-13(21)12(2)3/h20H,2,4-11H2,1,3H3. The van der Waals surface area contributed by atoms with Crippen molar-refractivity contribution in [3.05, 3.63) is 12.2 Å². The normalized spacial score (nSPS) is 13.3. The molecule has 8 nitrogen and oxygen atoms in total. The minimum Gasteiger partial charge on any atom is -0.460 e. The number of rotatable bonds is 15. The first-order valence-corrected chi connectivity index (χ1v) is 11.6. The Morgan fingerprint density at radius 1 is 1.03 bits per heavy atom. The summed E-state index contributed by atoms with van der Waals surface area (Å²) in [4.78, 5) is 11.1. The summed E-state index contributed by atoms with van der Waals surface area (Å²) in [5, 5.41) is -5.66. The molecule has 29 heavy (non-hydrogen) atoms. The van der Waals surface area contributed by atoms with E-state index in [9.17, 15) is 39.2 Å². The predicted octanol–water partition coefficient (Wildman–Crippen LogP) is 2.18. The lowest BCUT2D eigenvalue weighted by atomic mass is 10.2. The number of nitrogens with one attached hydrogen (secondary N) is 1. The van der Waals surface area contributed by atoms with Crippen LogP contribution >= 0.6 is 0 Å². The van der Waals surface area contributed by atoms with Crippen molar-refractivity contribution in [2.45, 2.75) is 50.7 Å². The minimum absolute atomic E-state index is 0.0359. The van der Waals surface area contributed by atoms with Gasteiger partial charge in [-0.15, -0.1) is 4.13 Å². The van der Waals surface area contributed by atoms with Gasteiger partial charge in [-0.2, -0.15) is 17.6 Å². The van der Waals surface area contributed by atoms with E-state index < -0.39 is 62.4 Å². The largest absolute Gasteiger partial charge is 0.460 e. The molecule has 0 aromatic rings. The van der Waals surface area contributed by atoms with Gasteiger partial charge in [-0.05, 0) is 19.8 Å². The highest BCUT2D eigenvalue weighted by Gasteiger charge is 2.65. The zero-order chi connectivity index (χ0) is 22.9. The van der Waals surface area contributed by atoms with Crippen molar-refractivity contribution >= 4 is 26.0 Å². The highest BCUT2D eigenvalue weighted by atomic mass is 32.3. The van der Waals surface area contributed by atoms with Crippen molar-refractivity contribution < 1.29 is 48.7 Å². The maximum absolute atomic E-state index is 13.9. The van der Waals surface area contributed by atoms with Gasteiger partial charge in [-0.1, -0.05) is 19.9 Å². The van der Waals surface area contributed by atoms with Crippen LogP contribution in [-0.2, 0) is 34.3 Å². The zero-order valence-corrected chi connectivity index (χ0v) is 17.7. The maximum atomic E-state index is 13.9. The molecule has 0 aliphatic rings. The fourth-order valence-electron chi connectivity index (χ4n) is 1.75. The van der Waals surface area contributed by atoms with Gasteiger partial charge < -0.3 is 9.47 Å². The van der Waals surface area contributed by atoms with Crippen LogP contribution in [0.4, 0.5) is 17.6 Å². The van der Waals surface area contributed by atoms with Gasteiger partial charge in [0.15, 0.2) is 0 Å². The van der Waals surface area contributed by atoms with Crippen LogP contribution in [0.25, 0.3) is 0 Å². The van der Waals surface area contributed by atoms with Gasteiger partial charge in [0.05, 0.1) is 12.4 Å². The van der Waals surface area contributed by atoms with E-state index in [-0.39, 0.29) is 25.2 Å². The maximum Gasteiger partial charge on any atom is 0.421 e. The van der Waals surface area contributed by atoms with E-state index in [1.165, 1.54) is 6.92 Å². The lowest BCUT2D eigenvalue weighted by Gasteiger charge is -2.26. The van der Waals surface area contributed by atoms with E-state index in [0.29, 0.717) is 10.5 Å². The molecule has 0 unspecified atom stereocenters. The third kappa shape index (κ3) is 8.97. The fraction of sp³-hybridized carbons (Fsp3) is 0.800. The van der Waals surface area contributed by atoms with Crippen LogP contribution < -0.4 is 4.13 Å². The predicted molar refractivity (Wildman–Crippen MR) is 96.5 cm³/mol. The van der Waals surface area contributed by atoms with E-state index in [4.69, 9.17) is 4.74 Å². The number of hydrogen-bond acceptors (Lipinski definition) is 7. The molecule has 0 atom stereocenters. The summed E-state index contributed by atoms with van der Waals surface area (Å²) in [6.07, 6.45) is -1.96. The first-order valence-electron chi connectivity index (χ1n) is 8.51. The van der Waals surface area contributed by atoms with Gasteiger partial charge in [0, 0.05) is 18.6 Å². The quantitative estimate of drug-likeness (QED) is 0.168. The van der Waals surface area contributed by atoms with Crippen molar-refractivity contribution in [3.63, 3.8) is 0 Å². The van der Waals surface area contributed by atoms with E-state index in [1.54, 1.807) is 6.92 Å².